The van der Waals surface area contributed by atoms with Crippen LogP contribution in [0.3, 0.4) is 0 Å². The van der Waals surface area contributed by atoms with E-state index in [1.165, 1.54) is 0 Å². The number of nitrogens with zero attached hydrogens (tertiary/aromatic N) is 1. The highest BCUT2D eigenvalue weighted by Crippen LogP contribution is 2.31. The Morgan fingerprint density at radius 3 is 2.74 bits per heavy atom. The van der Waals surface area contributed by atoms with Crippen molar-refractivity contribution < 1.29 is 14.6 Å². The number of aryl methyl sites for hydroxylation is 1. The molecule has 0 amide bonds. The van der Waals surface area contributed by atoms with Gasteiger partial charge in [-0.3, -0.25) is 0 Å². The number of hydrogen-bond donors (Lipinski definition) is 1. The fourth-order valence-electron chi connectivity index (χ4n) is 1.86. The van der Waals surface area contributed by atoms with Crippen LogP contribution in [0.1, 0.15) is 16.1 Å². The van der Waals surface area contributed by atoms with Gasteiger partial charge in [0.25, 0.3) is 0 Å². The Kier molecular flexibility index (Phi) is 3.85. The molecule has 98 valence electrons. The van der Waals surface area contributed by atoms with Gasteiger partial charge in [0.2, 0.25) is 0 Å². The fourth-order valence-corrected chi connectivity index (χ4v) is 2.52. The molecule has 2 aromatic rings. The number of benzene rings is 1. The quantitative estimate of drug-likeness (QED) is 0.878. The van der Waals surface area contributed by atoms with Crippen LogP contribution in [0.15, 0.2) is 34.9 Å². The van der Waals surface area contributed by atoms with E-state index in [9.17, 15) is 9.90 Å². The molecule has 5 heteroatoms. The summed E-state index contributed by atoms with van der Waals surface area (Å²) < 4.78 is 5.49. The molecule has 19 heavy (non-hydrogen) atoms. The lowest BCUT2D eigenvalue weighted by molar-refractivity contribution is 0.0696. The Labute approximate surface area is 119 Å². The molecule has 0 aliphatic carbocycles. The molecule has 0 saturated heterocycles. The van der Waals surface area contributed by atoms with Gasteiger partial charge in [0, 0.05) is 11.3 Å². The molecule has 0 radical (unpaired) electrons. The van der Waals surface area contributed by atoms with E-state index in [0.717, 1.165) is 11.3 Å². The van der Waals surface area contributed by atoms with Crippen molar-refractivity contribution >= 4 is 21.9 Å². The van der Waals surface area contributed by atoms with E-state index in [-0.39, 0.29) is 5.56 Å². The van der Waals surface area contributed by atoms with E-state index in [1.54, 1.807) is 19.2 Å². The number of carboxylic acid groups (broad SMARTS) is 1. The topological polar surface area (TPSA) is 59.4 Å². The zero-order chi connectivity index (χ0) is 14.0. The van der Waals surface area contributed by atoms with Gasteiger partial charge >= 0.3 is 5.97 Å². The van der Waals surface area contributed by atoms with Crippen molar-refractivity contribution in [3.05, 3.63) is 46.2 Å². The van der Waals surface area contributed by atoms with Crippen LogP contribution in [0.5, 0.6) is 5.75 Å². The van der Waals surface area contributed by atoms with Crippen molar-refractivity contribution in [3.63, 3.8) is 0 Å². The van der Waals surface area contributed by atoms with Crippen LogP contribution in [-0.4, -0.2) is 23.2 Å². The number of ether oxygens (including phenoxy) is 1. The number of carbonyl (C=O) groups is 1. The first kappa shape index (κ1) is 13.5. The summed E-state index contributed by atoms with van der Waals surface area (Å²) >= 11 is 3.21. The van der Waals surface area contributed by atoms with E-state index in [1.807, 2.05) is 25.1 Å². The average Bonchev–Trinajstić information content (AvgIpc) is 2.37. The summed E-state index contributed by atoms with van der Waals surface area (Å²) in [7, 11) is 1.57. The lowest BCUT2D eigenvalue weighted by Gasteiger charge is -2.10. The predicted octanol–water partition coefficient (Wildman–Crippen LogP) is 3.53. The Morgan fingerprint density at radius 2 is 2.11 bits per heavy atom. The summed E-state index contributed by atoms with van der Waals surface area (Å²) in [5, 5.41) is 9.32. The maximum absolute atomic E-state index is 11.4. The Balaban J connectivity index is 2.69. The maximum atomic E-state index is 11.4. The Hall–Kier alpha value is -1.88. The third-order valence-electron chi connectivity index (χ3n) is 2.70. The lowest BCUT2D eigenvalue weighted by atomic mass is 10.0. The molecule has 1 aromatic carbocycles. The van der Waals surface area contributed by atoms with E-state index in [0.29, 0.717) is 15.9 Å². The molecule has 4 nitrogen and oxygen atoms in total. The number of pyridine rings is 1. The van der Waals surface area contributed by atoms with Crippen molar-refractivity contribution in [2.24, 2.45) is 0 Å². The van der Waals surface area contributed by atoms with Gasteiger partial charge in [-0.25, -0.2) is 9.78 Å². The van der Waals surface area contributed by atoms with E-state index in [2.05, 4.69) is 20.9 Å². The van der Waals surface area contributed by atoms with E-state index >= 15 is 0 Å². The Morgan fingerprint density at radius 1 is 1.37 bits per heavy atom. The molecule has 0 spiro atoms. The van der Waals surface area contributed by atoms with Crippen LogP contribution >= 0.6 is 15.9 Å². The molecule has 0 unspecified atom stereocenters. The van der Waals surface area contributed by atoms with Crippen LogP contribution in [0.2, 0.25) is 0 Å². The maximum Gasteiger partial charge on any atom is 0.339 e. The van der Waals surface area contributed by atoms with Crippen molar-refractivity contribution in [2.45, 2.75) is 6.92 Å². The largest absolute Gasteiger partial charge is 0.497 e. The van der Waals surface area contributed by atoms with Gasteiger partial charge in [-0.2, -0.15) is 0 Å². The molecule has 0 saturated carbocycles. The standard InChI is InChI=1S/C14H12BrNO3/c1-8-6-11(12(14(17)18)13(15)16-8)9-4-3-5-10(7-9)19-2/h3-7H,1-2H3,(H,17,18). The summed E-state index contributed by atoms with van der Waals surface area (Å²) in [5.41, 5.74) is 2.29. The zero-order valence-corrected chi connectivity index (χ0v) is 12.1. The first-order valence-electron chi connectivity index (χ1n) is 5.58. The minimum absolute atomic E-state index is 0.152. The third kappa shape index (κ3) is 2.76. The molecule has 2 rings (SSSR count). The van der Waals surface area contributed by atoms with Crippen molar-refractivity contribution in [1.82, 2.24) is 4.98 Å². The molecule has 0 aliphatic heterocycles. The molecular weight excluding hydrogens is 310 g/mol. The number of carboxylic acids is 1. The Bertz CT molecular complexity index is 641. The lowest BCUT2D eigenvalue weighted by Crippen LogP contribution is -2.04. The smallest absolute Gasteiger partial charge is 0.339 e. The number of hydrogen-bond acceptors (Lipinski definition) is 3. The predicted molar refractivity (Wildman–Crippen MR) is 75.6 cm³/mol. The molecule has 0 atom stereocenters. The fraction of sp³-hybridized carbons (Fsp3) is 0.143. The van der Waals surface area contributed by atoms with Crippen LogP contribution in [0.4, 0.5) is 0 Å². The zero-order valence-electron chi connectivity index (χ0n) is 10.5. The van der Waals surface area contributed by atoms with Crippen LogP contribution < -0.4 is 4.74 Å². The molecule has 0 bridgehead atoms. The SMILES string of the molecule is COc1cccc(-c2cc(C)nc(Br)c2C(=O)O)c1. The molecular formula is C14H12BrNO3. The van der Waals surface area contributed by atoms with Gasteiger partial charge in [0.1, 0.15) is 15.9 Å². The average molecular weight is 322 g/mol. The van der Waals surface area contributed by atoms with Crippen molar-refractivity contribution in [2.75, 3.05) is 7.11 Å². The van der Waals surface area contributed by atoms with E-state index in [4.69, 9.17) is 4.74 Å². The monoisotopic (exact) mass is 321 g/mol. The number of aromatic nitrogens is 1. The highest BCUT2D eigenvalue weighted by Gasteiger charge is 2.17. The molecule has 1 aromatic heterocycles. The van der Waals surface area contributed by atoms with Gasteiger partial charge < -0.3 is 9.84 Å². The number of aromatic carboxylic acids is 1. The second-order valence-corrected chi connectivity index (χ2v) is 4.77. The van der Waals surface area contributed by atoms with Gasteiger partial charge in [-0.05, 0) is 46.6 Å². The molecule has 1 heterocycles. The van der Waals surface area contributed by atoms with Gasteiger partial charge in [-0.15, -0.1) is 0 Å². The summed E-state index contributed by atoms with van der Waals surface area (Å²) in [4.78, 5) is 15.5. The van der Waals surface area contributed by atoms with Crippen molar-refractivity contribution in [3.8, 4) is 16.9 Å². The van der Waals surface area contributed by atoms with Crippen LogP contribution in [0.25, 0.3) is 11.1 Å². The third-order valence-corrected chi connectivity index (χ3v) is 3.27. The highest BCUT2D eigenvalue weighted by molar-refractivity contribution is 9.10. The van der Waals surface area contributed by atoms with Gasteiger partial charge in [-0.1, -0.05) is 12.1 Å². The summed E-state index contributed by atoms with van der Waals surface area (Å²) in [6, 6.07) is 9.03. The van der Waals surface area contributed by atoms with Gasteiger partial charge in [0.05, 0.1) is 7.11 Å². The minimum atomic E-state index is -1.02. The summed E-state index contributed by atoms with van der Waals surface area (Å²) in [6.45, 7) is 1.82. The van der Waals surface area contributed by atoms with Gasteiger partial charge in [0.15, 0.2) is 0 Å². The van der Waals surface area contributed by atoms with Crippen LogP contribution in [0, 0.1) is 6.92 Å². The highest BCUT2D eigenvalue weighted by atomic mass is 79.9. The minimum Gasteiger partial charge on any atom is -0.497 e. The number of methoxy groups -OCH3 is 1. The summed E-state index contributed by atoms with van der Waals surface area (Å²) in [6.07, 6.45) is 0. The first-order chi connectivity index (χ1) is 9.02. The van der Waals surface area contributed by atoms with Crippen molar-refractivity contribution in [1.29, 1.82) is 0 Å². The van der Waals surface area contributed by atoms with Crippen LogP contribution in [-0.2, 0) is 0 Å². The molecule has 0 fully saturated rings. The normalized spacial score (nSPS) is 10.3. The summed E-state index contributed by atoms with van der Waals surface area (Å²) in [5.74, 6) is -0.336. The molecule has 0 aliphatic rings. The number of halogens is 1. The molecule has 1 N–H and O–H groups in total. The van der Waals surface area contributed by atoms with E-state index < -0.39 is 5.97 Å². The second kappa shape index (κ2) is 5.40. The first-order valence-corrected chi connectivity index (χ1v) is 6.37. The number of rotatable bonds is 3. The second-order valence-electron chi connectivity index (χ2n) is 4.01.